The fourth-order valence-corrected chi connectivity index (χ4v) is 3.39. The molecule has 0 radical (unpaired) electrons. The molecule has 29 heavy (non-hydrogen) atoms. The Bertz CT molecular complexity index is 773. The van der Waals surface area contributed by atoms with E-state index in [1.807, 2.05) is 18.4 Å². The van der Waals surface area contributed by atoms with E-state index in [9.17, 15) is 13.2 Å². The number of rotatable bonds is 3. The first-order valence-corrected chi connectivity index (χ1v) is 9.00. The summed E-state index contributed by atoms with van der Waals surface area (Å²) in [5, 5.41) is 7.12. The Morgan fingerprint density at radius 1 is 1.24 bits per heavy atom. The van der Waals surface area contributed by atoms with Gasteiger partial charge in [-0.2, -0.15) is 13.2 Å². The number of hydrogen-bond donors (Lipinski definition) is 1. The van der Waals surface area contributed by atoms with Gasteiger partial charge in [0.25, 0.3) is 0 Å². The zero-order valence-electron chi connectivity index (χ0n) is 15.5. The van der Waals surface area contributed by atoms with E-state index in [0.717, 1.165) is 45.3 Å². The first-order chi connectivity index (χ1) is 13.8. The van der Waals surface area contributed by atoms with Gasteiger partial charge in [-0.3, -0.25) is 4.90 Å². The summed E-state index contributed by atoms with van der Waals surface area (Å²) in [7, 11) is 0. The van der Waals surface area contributed by atoms with Gasteiger partial charge in [-0.1, -0.05) is 0 Å². The summed E-state index contributed by atoms with van der Waals surface area (Å²) in [6.45, 7) is 5.50. The van der Waals surface area contributed by atoms with E-state index >= 15 is 0 Å². The molecule has 0 saturated carbocycles. The van der Waals surface area contributed by atoms with Gasteiger partial charge in [0.2, 0.25) is 5.95 Å². The summed E-state index contributed by atoms with van der Waals surface area (Å²) in [5.41, 5.74) is 1.22. The number of fused-ring (bicyclic) bond motifs is 1. The molecule has 2 aromatic heterocycles. The Morgan fingerprint density at radius 3 is 2.59 bits per heavy atom. The summed E-state index contributed by atoms with van der Waals surface area (Å²) >= 11 is 0. The Kier molecular flexibility index (Phi) is 6.70. The first-order valence-electron chi connectivity index (χ1n) is 9.00. The normalized spacial score (nSPS) is 22.4. The van der Waals surface area contributed by atoms with E-state index in [4.69, 9.17) is 19.1 Å². The summed E-state index contributed by atoms with van der Waals surface area (Å²) < 4.78 is 43.0. The highest BCUT2D eigenvalue weighted by atomic mass is 19.4. The molecule has 11 heteroatoms. The van der Waals surface area contributed by atoms with Crippen molar-refractivity contribution in [2.75, 3.05) is 37.7 Å². The molecule has 2 fully saturated rings. The van der Waals surface area contributed by atoms with E-state index in [1.165, 1.54) is 5.56 Å². The molecule has 0 aliphatic carbocycles. The Balaban J connectivity index is 0.000000298. The van der Waals surface area contributed by atoms with Gasteiger partial charge in [0.15, 0.2) is 0 Å². The maximum Gasteiger partial charge on any atom is 0.490 e. The summed E-state index contributed by atoms with van der Waals surface area (Å²) in [6.07, 6.45) is 2.37. The number of ether oxygens (including phenoxy) is 1. The average Bonchev–Trinajstić information content (AvgIpc) is 3.27. The monoisotopic (exact) mass is 414 g/mol. The van der Waals surface area contributed by atoms with E-state index < -0.39 is 12.1 Å². The molecule has 2 aliphatic rings. The Hall–Kier alpha value is -2.66. The summed E-state index contributed by atoms with van der Waals surface area (Å²) in [4.78, 5) is 22.3. The number of likely N-dealkylation sites (tertiary alicyclic amines) is 1. The van der Waals surface area contributed by atoms with E-state index in [2.05, 4.69) is 19.8 Å². The molecule has 2 aliphatic heterocycles. The topological polar surface area (TPSA) is 91.9 Å². The summed E-state index contributed by atoms with van der Waals surface area (Å²) in [5.74, 6) is -1.45. The van der Waals surface area contributed by atoms with Gasteiger partial charge >= 0.3 is 12.1 Å². The number of carbonyl (C=O) groups is 1. The minimum absolute atomic E-state index is 0.306. The standard InChI is InChI=1S/C16H20N4O2.C2HF3O2/c1-3-17-16(18-4-1)20-5-7-22-15-11-19(9-14(15)10-20)8-13-2-6-21-12-13;3-2(4,5)1(6)7/h1-4,6,12,14-15H,5,7-11H2;(H,6,7)/t14-,15-;/m1./s1. The zero-order valence-corrected chi connectivity index (χ0v) is 15.5. The number of aromatic nitrogens is 2. The number of halogens is 3. The number of nitrogens with zero attached hydrogens (tertiary/aromatic N) is 4. The molecule has 0 spiro atoms. The highest BCUT2D eigenvalue weighted by Crippen LogP contribution is 2.26. The lowest BCUT2D eigenvalue weighted by molar-refractivity contribution is -0.192. The molecule has 0 amide bonds. The maximum absolute atomic E-state index is 10.6. The lowest BCUT2D eigenvalue weighted by Crippen LogP contribution is -2.33. The van der Waals surface area contributed by atoms with Crippen molar-refractivity contribution in [2.45, 2.75) is 18.8 Å². The van der Waals surface area contributed by atoms with Crippen molar-refractivity contribution < 1.29 is 32.2 Å². The molecule has 2 aromatic rings. The minimum atomic E-state index is -5.08. The molecule has 8 nitrogen and oxygen atoms in total. The van der Waals surface area contributed by atoms with Crippen LogP contribution in [0.3, 0.4) is 0 Å². The number of hydrogen-bond acceptors (Lipinski definition) is 7. The van der Waals surface area contributed by atoms with Crippen LogP contribution < -0.4 is 4.90 Å². The lowest BCUT2D eigenvalue weighted by atomic mass is 10.1. The zero-order chi connectivity index (χ0) is 20.9. The largest absolute Gasteiger partial charge is 0.490 e. The number of anilines is 1. The number of alkyl halides is 3. The first kappa shape index (κ1) is 21.1. The molecule has 4 heterocycles. The number of carboxylic acids is 1. The number of carboxylic acid groups (broad SMARTS) is 1. The van der Waals surface area contributed by atoms with E-state index in [1.54, 1.807) is 18.7 Å². The fraction of sp³-hybridized carbons (Fsp3) is 0.500. The third-order valence-corrected chi connectivity index (χ3v) is 4.67. The van der Waals surface area contributed by atoms with Crippen LogP contribution in [0.25, 0.3) is 0 Å². The van der Waals surface area contributed by atoms with Crippen LogP contribution in [0.1, 0.15) is 5.56 Å². The molecule has 1 N–H and O–H groups in total. The van der Waals surface area contributed by atoms with Gasteiger partial charge in [-0.25, -0.2) is 14.8 Å². The van der Waals surface area contributed by atoms with Crippen LogP contribution >= 0.6 is 0 Å². The lowest BCUT2D eigenvalue weighted by Gasteiger charge is -2.23. The van der Waals surface area contributed by atoms with Crippen LogP contribution in [0.5, 0.6) is 0 Å². The van der Waals surface area contributed by atoms with Crippen LogP contribution in [0.2, 0.25) is 0 Å². The second kappa shape index (κ2) is 9.23. The smallest absolute Gasteiger partial charge is 0.475 e. The summed E-state index contributed by atoms with van der Waals surface area (Å²) in [6, 6.07) is 3.88. The van der Waals surface area contributed by atoms with Gasteiger partial charge in [-0.15, -0.1) is 0 Å². The SMILES string of the molecule is O=C(O)C(F)(F)F.c1cnc(N2CCO[C@@H]3CN(Cc4ccoc4)C[C@@H]3C2)nc1. The minimum Gasteiger partial charge on any atom is -0.475 e. The fourth-order valence-electron chi connectivity index (χ4n) is 3.39. The second-order valence-electron chi connectivity index (χ2n) is 6.79. The van der Waals surface area contributed by atoms with E-state index in [0.29, 0.717) is 12.0 Å². The van der Waals surface area contributed by atoms with Crippen LogP contribution in [0.4, 0.5) is 19.1 Å². The average molecular weight is 414 g/mol. The molecule has 4 rings (SSSR count). The predicted molar refractivity (Wildman–Crippen MR) is 95.2 cm³/mol. The molecule has 2 saturated heterocycles. The van der Waals surface area contributed by atoms with Crippen molar-refractivity contribution in [3.05, 3.63) is 42.6 Å². The number of aliphatic carboxylic acids is 1. The van der Waals surface area contributed by atoms with Gasteiger partial charge < -0.3 is 19.2 Å². The van der Waals surface area contributed by atoms with Gasteiger partial charge in [-0.05, 0) is 12.1 Å². The molecular formula is C18H21F3N4O4. The Morgan fingerprint density at radius 2 is 1.97 bits per heavy atom. The van der Waals surface area contributed by atoms with Crippen LogP contribution in [0.15, 0.2) is 41.5 Å². The highest BCUT2D eigenvalue weighted by molar-refractivity contribution is 5.73. The van der Waals surface area contributed by atoms with Crippen molar-refractivity contribution >= 4 is 11.9 Å². The Labute approximate surface area is 164 Å². The van der Waals surface area contributed by atoms with Crippen LogP contribution in [-0.4, -0.2) is 71.0 Å². The predicted octanol–water partition coefficient (Wildman–Crippen LogP) is 2.04. The van der Waals surface area contributed by atoms with Crippen molar-refractivity contribution in [2.24, 2.45) is 5.92 Å². The molecule has 0 unspecified atom stereocenters. The van der Waals surface area contributed by atoms with Crippen molar-refractivity contribution in [1.82, 2.24) is 14.9 Å². The van der Waals surface area contributed by atoms with Crippen LogP contribution in [-0.2, 0) is 16.1 Å². The van der Waals surface area contributed by atoms with Crippen molar-refractivity contribution in [3.63, 3.8) is 0 Å². The third-order valence-electron chi connectivity index (χ3n) is 4.67. The van der Waals surface area contributed by atoms with Crippen molar-refractivity contribution in [1.29, 1.82) is 0 Å². The van der Waals surface area contributed by atoms with Gasteiger partial charge in [0.1, 0.15) is 0 Å². The second-order valence-corrected chi connectivity index (χ2v) is 6.79. The molecule has 158 valence electrons. The number of furan rings is 1. The molecule has 0 bridgehead atoms. The van der Waals surface area contributed by atoms with Crippen molar-refractivity contribution in [3.8, 4) is 0 Å². The van der Waals surface area contributed by atoms with Crippen LogP contribution in [0, 0.1) is 5.92 Å². The maximum atomic E-state index is 10.6. The van der Waals surface area contributed by atoms with Gasteiger partial charge in [0, 0.05) is 56.6 Å². The quantitative estimate of drug-likeness (QED) is 0.816. The van der Waals surface area contributed by atoms with Gasteiger partial charge in [0.05, 0.1) is 25.2 Å². The molecular weight excluding hydrogens is 393 g/mol. The molecule has 2 atom stereocenters. The highest BCUT2D eigenvalue weighted by Gasteiger charge is 2.38. The van der Waals surface area contributed by atoms with E-state index in [-0.39, 0.29) is 0 Å². The molecule has 0 aromatic carbocycles. The third kappa shape index (κ3) is 5.91.